The van der Waals surface area contributed by atoms with Crippen LogP contribution in [-0.2, 0) is 9.59 Å². The van der Waals surface area contributed by atoms with Gasteiger partial charge in [-0.15, -0.1) is 0 Å². The van der Waals surface area contributed by atoms with Gasteiger partial charge in [0, 0.05) is 38.1 Å². The molecule has 3 aliphatic rings. The third-order valence-corrected chi connectivity index (χ3v) is 5.69. The molecule has 134 valence electrons. The van der Waals surface area contributed by atoms with Gasteiger partial charge in [0.05, 0.1) is 6.54 Å². The Morgan fingerprint density at radius 3 is 2.52 bits per heavy atom. The Morgan fingerprint density at radius 1 is 1.12 bits per heavy atom. The second-order valence-electron chi connectivity index (χ2n) is 7.75. The number of carbonyl (C=O) groups is 2. The predicted octanol–water partition coefficient (Wildman–Crippen LogP) is 1.52. The number of nitrogens with zero attached hydrogens (tertiary/aromatic N) is 2. The van der Waals surface area contributed by atoms with Crippen molar-refractivity contribution in [1.29, 1.82) is 0 Å². The quantitative estimate of drug-likeness (QED) is 0.883. The van der Waals surface area contributed by atoms with Crippen LogP contribution in [0.2, 0.25) is 0 Å². The number of benzene rings is 1. The Labute approximate surface area is 149 Å². The lowest BCUT2D eigenvalue weighted by molar-refractivity contribution is -0.134. The van der Waals surface area contributed by atoms with Gasteiger partial charge in [-0.25, -0.2) is 0 Å². The third-order valence-electron chi connectivity index (χ3n) is 5.69. The van der Waals surface area contributed by atoms with Crippen molar-refractivity contribution in [2.75, 3.05) is 32.7 Å². The topological polar surface area (TPSA) is 52.7 Å². The third kappa shape index (κ3) is 3.87. The summed E-state index contributed by atoms with van der Waals surface area (Å²) in [6, 6.07) is 8.82. The van der Waals surface area contributed by atoms with E-state index in [-0.39, 0.29) is 11.8 Å². The summed E-state index contributed by atoms with van der Waals surface area (Å²) in [6.07, 6.45) is 3.22. The second-order valence-corrected chi connectivity index (χ2v) is 7.75. The minimum atomic E-state index is 0.129. The van der Waals surface area contributed by atoms with E-state index in [1.165, 1.54) is 11.1 Å². The number of aryl methyl sites for hydroxylation is 1. The molecule has 1 heterocycles. The van der Waals surface area contributed by atoms with Crippen LogP contribution in [-0.4, -0.2) is 60.4 Å². The van der Waals surface area contributed by atoms with Gasteiger partial charge in [0.15, 0.2) is 0 Å². The lowest BCUT2D eigenvalue weighted by Gasteiger charge is -2.34. The summed E-state index contributed by atoms with van der Waals surface area (Å²) in [5, 5.41) is 3.03. The summed E-state index contributed by atoms with van der Waals surface area (Å²) in [7, 11) is 0. The highest BCUT2D eigenvalue weighted by molar-refractivity contribution is 5.83. The minimum Gasteiger partial charge on any atom is -0.352 e. The van der Waals surface area contributed by atoms with Crippen LogP contribution >= 0.6 is 0 Å². The molecule has 1 N–H and O–H groups in total. The summed E-state index contributed by atoms with van der Waals surface area (Å²) in [4.78, 5) is 28.8. The molecule has 2 amide bonds. The summed E-state index contributed by atoms with van der Waals surface area (Å²) >= 11 is 0. The molecule has 0 spiro atoms. The normalized spacial score (nSPS) is 26.4. The maximum Gasteiger partial charge on any atom is 0.234 e. The molecule has 4 rings (SSSR count). The largest absolute Gasteiger partial charge is 0.352 e. The second kappa shape index (κ2) is 6.79. The zero-order chi connectivity index (χ0) is 17.4. The maximum absolute atomic E-state index is 12.8. The molecule has 1 aromatic carbocycles. The van der Waals surface area contributed by atoms with Gasteiger partial charge in [0.1, 0.15) is 0 Å². The molecule has 1 aromatic rings. The predicted molar refractivity (Wildman–Crippen MR) is 96.2 cm³/mol. The zero-order valence-corrected chi connectivity index (χ0v) is 14.9. The van der Waals surface area contributed by atoms with Crippen molar-refractivity contribution in [3.8, 4) is 0 Å². The number of carbonyl (C=O) groups excluding carboxylic acids is 2. The average Bonchev–Trinajstić information content (AvgIpc) is 3.50. The number of hydrogen-bond donors (Lipinski definition) is 1. The van der Waals surface area contributed by atoms with Gasteiger partial charge < -0.3 is 10.2 Å². The summed E-state index contributed by atoms with van der Waals surface area (Å²) < 4.78 is 0. The van der Waals surface area contributed by atoms with Crippen LogP contribution in [0.4, 0.5) is 0 Å². The fraction of sp³-hybridized carbons (Fsp3) is 0.600. The number of amides is 2. The monoisotopic (exact) mass is 341 g/mol. The molecule has 5 nitrogen and oxygen atoms in total. The fourth-order valence-corrected chi connectivity index (χ4v) is 3.88. The molecule has 1 saturated heterocycles. The summed E-state index contributed by atoms with van der Waals surface area (Å²) in [6.45, 7) is 5.67. The van der Waals surface area contributed by atoms with Crippen LogP contribution in [0.25, 0.3) is 0 Å². The van der Waals surface area contributed by atoms with Crippen LogP contribution < -0.4 is 5.32 Å². The van der Waals surface area contributed by atoms with Crippen molar-refractivity contribution in [1.82, 2.24) is 15.1 Å². The first-order valence-corrected chi connectivity index (χ1v) is 9.48. The molecule has 0 unspecified atom stereocenters. The number of hydrogen-bond acceptors (Lipinski definition) is 3. The van der Waals surface area contributed by atoms with Crippen molar-refractivity contribution < 1.29 is 9.59 Å². The van der Waals surface area contributed by atoms with E-state index in [0.717, 1.165) is 45.4 Å². The van der Waals surface area contributed by atoms with Crippen molar-refractivity contribution >= 4 is 11.8 Å². The molecule has 3 fully saturated rings. The van der Waals surface area contributed by atoms with Crippen molar-refractivity contribution in [2.45, 2.75) is 38.1 Å². The molecule has 2 atom stereocenters. The van der Waals surface area contributed by atoms with Crippen molar-refractivity contribution in [2.24, 2.45) is 5.92 Å². The molecule has 5 heteroatoms. The Balaban J connectivity index is 1.25. The van der Waals surface area contributed by atoms with Crippen LogP contribution in [0.15, 0.2) is 24.3 Å². The van der Waals surface area contributed by atoms with E-state index in [0.29, 0.717) is 24.4 Å². The first-order chi connectivity index (χ1) is 12.1. The van der Waals surface area contributed by atoms with Crippen LogP contribution in [0.1, 0.15) is 36.3 Å². The molecule has 25 heavy (non-hydrogen) atoms. The zero-order valence-electron chi connectivity index (χ0n) is 14.9. The summed E-state index contributed by atoms with van der Waals surface area (Å²) in [5.41, 5.74) is 2.62. The summed E-state index contributed by atoms with van der Waals surface area (Å²) in [5.74, 6) is 0.987. The highest BCUT2D eigenvalue weighted by Gasteiger charge is 2.46. The Morgan fingerprint density at radius 2 is 1.84 bits per heavy atom. The van der Waals surface area contributed by atoms with E-state index in [4.69, 9.17) is 0 Å². The molecule has 0 radical (unpaired) electrons. The van der Waals surface area contributed by atoms with E-state index in [9.17, 15) is 9.59 Å². The van der Waals surface area contributed by atoms with Crippen molar-refractivity contribution in [3.63, 3.8) is 0 Å². The van der Waals surface area contributed by atoms with E-state index in [1.54, 1.807) is 0 Å². The van der Waals surface area contributed by atoms with Crippen molar-refractivity contribution in [3.05, 3.63) is 35.4 Å². The average molecular weight is 341 g/mol. The molecular weight excluding hydrogens is 314 g/mol. The molecule has 2 aliphatic carbocycles. The van der Waals surface area contributed by atoms with Gasteiger partial charge in [-0.3, -0.25) is 14.5 Å². The highest BCUT2D eigenvalue weighted by atomic mass is 16.2. The smallest absolute Gasteiger partial charge is 0.234 e. The Kier molecular flexibility index (Phi) is 4.50. The lowest BCUT2D eigenvalue weighted by Crippen LogP contribution is -2.51. The van der Waals surface area contributed by atoms with E-state index >= 15 is 0 Å². The van der Waals surface area contributed by atoms with E-state index < -0.39 is 0 Å². The van der Waals surface area contributed by atoms with Crippen LogP contribution in [0.3, 0.4) is 0 Å². The Hall–Kier alpha value is -1.88. The fourth-order valence-electron chi connectivity index (χ4n) is 3.88. The van der Waals surface area contributed by atoms with Crippen LogP contribution in [0, 0.1) is 12.8 Å². The first kappa shape index (κ1) is 16.6. The molecule has 0 bridgehead atoms. The lowest BCUT2D eigenvalue weighted by atomic mass is 10.0. The van der Waals surface area contributed by atoms with Gasteiger partial charge in [-0.1, -0.05) is 24.3 Å². The SMILES string of the molecule is Cc1ccccc1[C@@H]1C[C@H]1C(=O)N1CCN(CC(=O)NC2CC2)CC1. The van der Waals surface area contributed by atoms with E-state index in [1.807, 2.05) is 4.90 Å². The van der Waals surface area contributed by atoms with Gasteiger partial charge >= 0.3 is 0 Å². The number of rotatable bonds is 5. The van der Waals surface area contributed by atoms with Gasteiger partial charge in [0.25, 0.3) is 0 Å². The number of piperazine rings is 1. The first-order valence-electron chi connectivity index (χ1n) is 9.48. The molecule has 0 aromatic heterocycles. The maximum atomic E-state index is 12.8. The highest BCUT2D eigenvalue weighted by Crippen LogP contribution is 2.49. The van der Waals surface area contributed by atoms with Gasteiger partial charge in [-0.2, -0.15) is 0 Å². The minimum absolute atomic E-state index is 0.129. The molecular formula is C20H27N3O2. The molecule has 1 aliphatic heterocycles. The Bertz CT molecular complexity index is 663. The van der Waals surface area contributed by atoms with Gasteiger partial charge in [-0.05, 0) is 43.2 Å². The molecule has 2 saturated carbocycles. The van der Waals surface area contributed by atoms with Gasteiger partial charge in [0.2, 0.25) is 11.8 Å². The number of nitrogens with one attached hydrogen (secondary N) is 1. The van der Waals surface area contributed by atoms with E-state index in [2.05, 4.69) is 41.4 Å². The standard InChI is InChI=1S/C20H27N3O2/c1-14-4-2-3-5-16(14)17-12-18(17)20(25)23-10-8-22(9-11-23)13-19(24)21-15-6-7-15/h2-5,15,17-18H,6-13H2,1H3,(H,21,24)/t17-,18+/m0/s1. The van der Waals surface area contributed by atoms with Crippen LogP contribution in [0.5, 0.6) is 0 Å².